The highest BCUT2D eigenvalue weighted by Gasteiger charge is 2.19. The minimum absolute atomic E-state index is 0.0732. The molecule has 122 valence electrons. The zero-order valence-electron chi connectivity index (χ0n) is 13.6. The van der Waals surface area contributed by atoms with E-state index in [2.05, 4.69) is 5.32 Å². The van der Waals surface area contributed by atoms with Crippen LogP contribution in [-0.2, 0) is 22.4 Å². The Labute approximate surface area is 136 Å². The Morgan fingerprint density at radius 3 is 2.68 bits per heavy atom. The summed E-state index contributed by atoms with van der Waals surface area (Å²) in [5.41, 5.74) is 1.28. The quantitative estimate of drug-likeness (QED) is 0.668. The predicted molar refractivity (Wildman–Crippen MR) is 88.3 cm³/mol. The largest absolute Gasteiger partial charge is 0.451 e. The average molecular weight is 323 g/mol. The highest BCUT2D eigenvalue weighted by Crippen LogP contribution is 2.29. The normalized spacial score (nSPS) is 15.8. The van der Waals surface area contributed by atoms with Gasteiger partial charge in [0.05, 0.1) is 0 Å². The van der Waals surface area contributed by atoms with Crippen molar-refractivity contribution in [3.63, 3.8) is 0 Å². The molecule has 0 radical (unpaired) electrons. The van der Waals surface area contributed by atoms with Crippen molar-refractivity contribution in [2.75, 3.05) is 6.61 Å². The number of nitrogens with one attached hydrogen (secondary N) is 1. The fraction of sp³-hybridized carbons (Fsp3) is 0.647. The SMILES string of the molecule is CC(C)[C@H](C)NC(=O)COC(=O)c1cc2c(s1)CCCCC2. The zero-order chi connectivity index (χ0) is 16.1. The molecule has 1 aromatic heterocycles. The van der Waals surface area contributed by atoms with Crippen LogP contribution in [-0.4, -0.2) is 24.5 Å². The third-order valence-electron chi connectivity index (χ3n) is 4.17. The van der Waals surface area contributed by atoms with Crippen LogP contribution in [0.3, 0.4) is 0 Å². The van der Waals surface area contributed by atoms with Crippen molar-refractivity contribution in [1.82, 2.24) is 5.32 Å². The van der Waals surface area contributed by atoms with E-state index < -0.39 is 0 Å². The van der Waals surface area contributed by atoms with Crippen LogP contribution in [0.4, 0.5) is 0 Å². The molecule has 4 nitrogen and oxygen atoms in total. The van der Waals surface area contributed by atoms with Crippen molar-refractivity contribution in [1.29, 1.82) is 0 Å². The molecule has 0 aliphatic heterocycles. The molecule has 1 amide bonds. The number of hydrogen-bond donors (Lipinski definition) is 1. The maximum Gasteiger partial charge on any atom is 0.348 e. The molecule has 0 unspecified atom stereocenters. The molecule has 22 heavy (non-hydrogen) atoms. The van der Waals surface area contributed by atoms with E-state index in [0.717, 1.165) is 12.8 Å². The van der Waals surface area contributed by atoms with Gasteiger partial charge in [-0.1, -0.05) is 20.3 Å². The van der Waals surface area contributed by atoms with Crippen molar-refractivity contribution < 1.29 is 14.3 Å². The Morgan fingerprint density at radius 2 is 1.95 bits per heavy atom. The number of thiophene rings is 1. The van der Waals surface area contributed by atoms with E-state index in [4.69, 9.17) is 4.74 Å². The summed E-state index contributed by atoms with van der Waals surface area (Å²) >= 11 is 1.52. The highest BCUT2D eigenvalue weighted by molar-refractivity contribution is 7.14. The molecule has 1 atom stereocenters. The summed E-state index contributed by atoms with van der Waals surface area (Å²) in [6, 6.07) is 2.02. The molecule has 5 heteroatoms. The van der Waals surface area contributed by atoms with Crippen molar-refractivity contribution in [3.8, 4) is 0 Å². The Kier molecular flexibility index (Phi) is 6.00. The smallest absolute Gasteiger partial charge is 0.348 e. The number of amides is 1. The molecule has 0 fully saturated rings. The van der Waals surface area contributed by atoms with E-state index in [0.29, 0.717) is 10.8 Å². The lowest BCUT2D eigenvalue weighted by Crippen LogP contribution is -2.38. The van der Waals surface area contributed by atoms with Gasteiger partial charge in [0.1, 0.15) is 4.88 Å². The van der Waals surface area contributed by atoms with E-state index >= 15 is 0 Å². The number of aryl methyl sites for hydroxylation is 2. The lowest BCUT2D eigenvalue weighted by molar-refractivity contribution is -0.125. The molecular formula is C17H25NO3S. The lowest BCUT2D eigenvalue weighted by atomic mass is 10.1. The fourth-order valence-electron chi connectivity index (χ4n) is 2.43. The first-order chi connectivity index (χ1) is 10.5. The van der Waals surface area contributed by atoms with E-state index in [1.165, 1.54) is 41.0 Å². The van der Waals surface area contributed by atoms with Gasteiger partial charge in [-0.25, -0.2) is 4.79 Å². The van der Waals surface area contributed by atoms with Gasteiger partial charge in [0, 0.05) is 10.9 Å². The van der Waals surface area contributed by atoms with E-state index in [1.807, 2.05) is 26.8 Å². The van der Waals surface area contributed by atoms with Crippen LogP contribution in [0.25, 0.3) is 0 Å². The maximum absolute atomic E-state index is 12.1. The van der Waals surface area contributed by atoms with Gasteiger partial charge in [0.15, 0.2) is 6.61 Å². The Morgan fingerprint density at radius 1 is 1.23 bits per heavy atom. The molecule has 0 saturated carbocycles. The summed E-state index contributed by atoms with van der Waals surface area (Å²) in [5, 5.41) is 2.83. The number of ether oxygens (including phenoxy) is 1. The summed E-state index contributed by atoms with van der Waals surface area (Å²) in [5.74, 6) is -0.272. The highest BCUT2D eigenvalue weighted by atomic mass is 32.1. The summed E-state index contributed by atoms with van der Waals surface area (Å²) < 4.78 is 5.14. The third-order valence-corrected chi connectivity index (χ3v) is 5.39. The molecule has 1 aromatic rings. The number of carbonyl (C=O) groups excluding carboxylic acids is 2. The molecule has 1 aliphatic carbocycles. The second-order valence-electron chi connectivity index (χ2n) is 6.30. The van der Waals surface area contributed by atoms with E-state index in [1.54, 1.807) is 0 Å². The summed E-state index contributed by atoms with van der Waals surface area (Å²) in [7, 11) is 0. The van der Waals surface area contributed by atoms with Crippen molar-refractivity contribution in [2.24, 2.45) is 5.92 Å². The fourth-order valence-corrected chi connectivity index (χ4v) is 3.58. The summed E-state index contributed by atoms with van der Waals surface area (Å²) in [6.45, 7) is 5.81. The van der Waals surface area contributed by atoms with Crippen molar-refractivity contribution >= 4 is 23.2 Å². The monoisotopic (exact) mass is 323 g/mol. The second kappa shape index (κ2) is 7.77. The third kappa shape index (κ3) is 4.57. The van der Waals surface area contributed by atoms with Crippen LogP contribution in [0.1, 0.15) is 60.1 Å². The molecule has 0 bridgehead atoms. The van der Waals surface area contributed by atoms with Gasteiger partial charge in [-0.15, -0.1) is 11.3 Å². The predicted octanol–water partition coefficient (Wildman–Crippen LogP) is 3.33. The minimum Gasteiger partial charge on any atom is -0.451 e. The molecule has 0 aromatic carbocycles. The van der Waals surface area contributed by atoms with Gasteiger partial charge in [-0.2, -0.15) is 0 Å². The van der Waals surface area contributed by atoms with Crippen LogP contribution in [0.15, 0.2) is 6.07 Å². The number of rotatable bonds is 5. The molecule has 1 N–H and O–H groups in total. The van der Waals surface area contributed by atoms with Gasteiger partial charge < -0.3 is 10.1 Å². The van der Waals surface area contributed by atoms with E-state index in [9.17, 15) is 9.59 Å². The van der Waals surface area contributed by atoms with Crippen LogP contribution in [0, 0.1) is 5.92 Å². The number of carbonyl (C=O) groups is 2. The summed E-state index contributed by atoms with van der Waals surface area (Å²) in [4.78, 5) is 25.8. The Bertz CT molecular complexity index is 513. The van der Waals surface area contributed by atoms with E-state index in [-0.39, 0.29) is 24.5 Å². The van der Waals surface area contributed by atoms with Gasteiger partial charge >= 0.3 is 5.97 Å². The van der Waals surface area contributed by atoms with Gasteiger partial charge in [0.25, 0.3) is 5.91 Å². The second-order valence-corrected chi connectivity index (χ2v) is 7.43. The average Bonchev–Trinajstić information content (AvgIpc) is 2.76. The van der Waals surface area contributed by atoms with Gasteiger partial charge in [0.2, 0.25) is 0 Å². The molecular weight excluding hydrogens is 298 g/mol. The summed E-state index contributed by atoms with van der Waals surface area (Å²) in [6.07, 6.45) is 5.74. The zero-order valence-corrected chi connectivity index (χ0v) is 14.4. The molecule has 2 rings (SSSR count). The van der Waals surface area contributed by atoms with Crippen LogP contribution in [0.5, 0.6) is 0 Å². The Balaban J connectivity index is 1.86. The van der Waals surface area contributed by atoms with Crippen molar-refractivity contribution in [2.45, 2.75) is 58.9 Å². The first-order valence-electron chi connectivity index (χ1n) is 8.05. The van der Waals surface area contributed by atoms with Crippen LogP contribution >= 0.6 is 11.3 Å². The molecule has 1 aliphatic rings. The number of hydrogen-bond acceptors (Lipinski definition) is 4. The first-order valence-corrected chi connectivity index (χ1v) is 8.87. The molecule has 0 spiro atoms. The van der Waals surface area contributed by atoms with Gasteiger partial charge in [-0.3, -0.25) is 4.79 Å². The van der Waals surface area contributed by atoms with Crippen LogP contribution in [0.2, 0.25) is 0 Å². The van der Waals surface area contributed by atoms with Gasteiger partial charge in [-0.05, 0) is 50.2 Å². The maximum atomic E-state index is 12.1. The first kappa shape index (κ1) is 17.0. The number of esters is 1. The minimum atomic E-state index is -0.384. The topological polar surface area (TPSA) is 55.4 Å². The molecule has 1 heterocycles. The lowest BCUT2D eigenvalue weighted by Gasteiger charge is -2.17. The van der Waals surface area contributed by atoms with Crippen LogP contribution < -0.4 is 5.32 Å². The Hall–Kier alpha value is -1.36. The standard InChI is InChI=1S/C17H25NO3S/c1-11(2)12(3)18-16(19)10-21-17(20)15-9-13-7-5-4-6-8-14(13)22-15/h9,11-12H,4-8,10H2,1-3H3,(H,18,19)/t12-/m0/s1. The number of fused-ring (bicyclic) bond motifs is 1. The molecule has 0 saturated heterocycles. The van der Waals surface area contributed by atoms with Crippen molar-refractivity contribution in [3.05, 3.63) is 21.4 Å².